The highest BCUT2D eigenvalue weighted by atomic mass is 35.5. The third-order valence-corrected chi connectivity index (χ3v) is 3.53. The number of nitrogens with one attached hydrogen (secondary N) is 1. The number of carbonyl (C=O) groups excluding carboxylic acids is 3. The van der Waals surface area contributed by atoms with E-state index in [-0.39, 0.29) is 10.6 Å². The van der Waals surface area contributed by atoms with Crippen molar-refractivity contribution in [3.05, 3.63) is 68.7 Å². The number of esters is 2. The molecule has 0 saturated carbocycles. The maximum atomic E-state index is 12.0. The Hall–Kier alpha value is -3.46. The molecule has 0 fully saturated rings. The van der Waals surface area contributed by atoms with E-state index in [0.717, 1.165) is 12.1 Å². The Morgan fingerprint density at radius 2 is 1.78 bits per heavy atom. The average Bonchev–Trinajstić information content (AvgIpc) is 2.65. The van der Waals surface area contributed by atoms with Gasteiger partial charge in [-0.25, -0.2) is 9.59 Å². The monoisotopic (exact) mass is 392 g/mol. The fraction of sp³-hybridized carbons (Fsp3) is 0.118. The van der Waals surface area contributed by atoms with E-state index in [4.69, 9.17) is 16.3 Å². The van der Waals surface area contributed by atoms with Gasteiger partial charge in [-0.15, -0.1) is 0 Å². The van der Waals surface area contributed by atoms with Gasteiger partial charge in [-0.05, 0) is 36.4 Å². The Kier molecular flexibility index (Phi) is 6.45. The van der Waals surface area contributed by atoms with Crippen LogP contribution in [0.4, 0.5) is 11.4 Å². The van der Waals surface area contributed by atoms with Gasteiger partial charge >= 0.3 is 11.9 Å². The first-order valence-corrected chi connectivity index (χ1v) is 7.79. The highest BCUT2D eigenvalue weighted by Crippen LogP contribution is 2.23. The Labute approximate surface area is 158 Å². The number of rotatable bonds is 6. The number of benzene rings is 2. The Bertz CT molecular complexity index is 897. The number of ether oxygens (including phenoxy) is 2. The van der Waals surface area contributed by atoms with Gasteiger partial charge in [0.2, 0.25) is 0 Å². The van der Waals surface area contributed by atoms with E-state index in [1.165, 1.54) is 37.4 Å². The lowest BCUT2D eigenvalue weighted by atomic mass is 10.2. The second-order valence-electron chi connectivity index (χ2n) is 5.11. The fourth-order valence-corrected chi connectivity index (χ4v) is 2.22. The molecule has 0 spiro atoms. The molecule has 2 aromatic rings. The largest absolute Gasteiger partial charge is 0.465 e. The van der Waals surface area contributed by atoms with Crippen LogP contribution in [-0.4, -0.2) is 36.5 Å². The second kappa shape index (κ2) is 8.77. The third kappa shape index (κ3) is 5.25. The number of carbonyl (C=O) groups is 3. The SMILES string of the molecule is COC(=O)c1ccc(NC(=O)COC(=O)c2cc(Cl)ccc2[N+](=O)[O-])cc1. The summed E-state index contributed by atoms with van der Waals surface area (Å²) >= 11 is 5.74. The van der Waals surface area contributed by atoms with Crippen LogP contribution in [0, 0.1) is 10.1 Å². The molecule has 2 rings (SSSR count). The molecule has 2 aromatic carbocycles. The van der Waals surface area contributed by atoms with Crippen LogP contribution in [0.15, 0.2) is 42.5 Å². The summed E-state index contributed by atoms with van der Waals surface area (Å²) in [6.07, 6.45) is 0. The smallest absolute Gasteiger partial charge is 0.345 e. The molecule has 0 radical (unpaired) electrons. The molecule has 0 aliphatic rings. The highest BCUT2D eigenvalue weighted by Gasteiger charge is 2.22. The standard InChI is InChI=1S/C17H13ClN2O7/c1-26-16(22)10-2-5-12(6-3-10)19-15(21)9-27-17(23)13-8-11(18)4-7-14(13)20(24)25/h2-8H,9H2,1H3,(H,19,21). The molecular formula is C17H13ClN2O7. The average molecular weight is 393 g/mol. The van der Waals surface area contributed by atoms with E-state index in [1.54, 1.807) is 0 Å². The van der Waals surface area contributed by atoms with E-state index in [1.807, 2.05) is 0 Å². The lowest BCUT2D eigenvalue weighted by Gasteiger charge is -2.08. The van der Waals surface area contributed by atoms with Gasteiger partial charge in [-0.3, -0.25) is 14.9 Å². The van der Waals surface area contributed by atoms with Crippen LogP contribution in [0.3, 0.4) is 0 Å². The van der Waals surface area contributed by atoms with E-state index in [0.29, 0.717) is 11.3 Å². The second-order valence-corrected chi connectivity index (χ2v) is 5.55. The van der Waals surface area contributed by atoms with Crippen molar-refractivity contribution in [2.24, 2.45) is 0 Å². The summed E-state index contributed by atoms with van der Waals surface area (Å²) < 4.78 is 9.36. The van der Waals surface area contributed by atoms with Gasteiger partial charge < -0.3 is 14.8 Å². The minimum atomic E-state index is -1.06. The molecule has 140 valence electrons. The molecule has 10 heteroatoms. The maximum Gasteiger partial charge on any atom is 0.345 e. The van der Waals surface area contributed by atoms with Gasteiger partial charge in [0, 0.05) is 16.8 Å². The number of nitro benzene ring substituents is 1. The van der Waals surface area contributed by atoms with Gasteiger partial charge in [0.25, 0.3) is 11.6 Å². The quantitative estimate of drug-likeness (QED) is 0.455. The summed E-state index contributed by atoms with van der Waals surface area (Å²) in [4.78, 5) is 45.4. The molecule has 0 aliphatic carbocycles. The van der Waals surface area contributed by atoms with Crippen molar-refractivity contribution in [3.8, 4) is 0 Å². The van der Waals surface area contributed by atoms with Gasteiger partial charge in [0.05, 0.1) is 17.6 Å². The molecule has 27 heavy (non-hydrogen) atoms. The number of methoxy groups -OCH3 is 1. The van der Waals surface area contributed by atoms with Crippen LogP contribution < -0.4 is 5.32 Å². The molecule has 0 aromatic heterocycles. The summed E-state index contributed by atoms with van der Waals surface area (Å²) in [5.41, 5.74) is -0.182. The molecule has 0 saturated heterocycles. The van der Waals surface area contributed by atoms with Crippen molar-refractivity contribution in [2.75, 3.05) is 19.0 Å². The zero-order chi connectivity index (χ0) is 20.0. The van der Waals surface area contributed by atoms with Crippen LogP contribution in [0.2, 0.25) is 5.02 Å². The fourth-order valence-electron chi connectivity index (χ4n) is 2.04. The predicted octanol–water partition coefficient (Wildman–Crippen LogP) is 2.83. The highest BCUT2D eigenvalue weighted by molar-refractivity contribution is 6.31. The number of anilines is 1. The predicted molar refractivity (Wildman–Crippen MR) is 94.8 cm³/mol. The van der Waals surface area contributed by atoms with Crippen molar-refractivity contribution in [3.63, 3.8) is 0 Å². The molecule has 0 aliphatic heterocycles. The molecular weight excluding hydrogens is 380 g/mol. The first-order valence-electron chi connectivity index (χ1n) is 7.41. The van der Waals surface area contributed by atoms with E-state index < -0.39 is 35.1 Å². The van der Waals surface area contributed by atoms with Crippen LogP contribution >= 0.6 is 11.6 Å². The Morgan fingerprint density at radius 1 is 1.11 bits per heavy atom. The molecule has 1 N–H and O–H groups in total. The van der Waals surface area contributed by atoms with Crippen molar-refractivity contribution in [1.29, 1.82) is 0 Å². The molecule has 9 nitrogen and oxygen atoms in total. The van der Waals surface area contributed by atoms with Gasteiger partial charge in [-0.1, -0.05) is 11.6 Å². The maximum absolute atomic E-state index is 12.0. The summed E-state index contributed by atoms with van der Waals surface area (Å²) in [7, 11) is 1.25. The summed E-state index contributed by atoms with van der Waals surface area (Å²) in [6, 6.07) is 9.25. The normalized spacial score (nSPS) is 10.0. The number of hydrogen-bond donors (Lipinski definition) is 1. The first-order chi connectivity index (χ1) is 12.8. The minimum absolute atomic E-state index is 0.114. The van der Waals surface area contributed by atoms with Crippen molar-refractivity contribution in [1.82, 2.24) is 0 Å². The lowest BCUT2D eigenvalue weighted by Crippen LogP contribution is -2.21. The zero-order valence-corrected chi connectivity index (χ0v) is 14.7. The summed E-state index contributed by atoms with van der Waals surface area (Å²) in [5.74, 6) is -2.25. The summed E-state index contributed by atoms with van der Waals surface area (Å²) in [5, 5.41) is 13.5. The number of nitro groups is 1. The van der Waals surface area contributed by atoms with Gasteiger partial charge in [-0.2, -0.15) is 0 Å². The molecule has 0 heterocycles. The number of amides is 1. The topological polar surface area (TPSA) is 125 Å². The lowest BCUT2D eigenvalue weighted by molar-refractivity contribution is -0.385. The molecule has 0 unspecified atom stereocenters. The van der Waals surface area contributed by atoms with Crippen LogP contribution in [0.25, 0.3) is 0 Å². The van der Waals surface area contributed by atoms with Crippen molar-refractivity contribution in [2.45, 2.75) is 0 Å². The Balaban J connectivity index is 1.97. The number of hydrogen-bond acceptors (Lipinski definition) is 7. The van der Waals surface area contributed by atoms with Crippen molar-refractivity contribution >= 4 is 40.8 Å². The first kappa shape index (κ1) is 19.9. The number of halogens is 1. The van der Waals surface area contributed by atoms with E-state index in [2.05, 4.69) is 10.1 Å². The zero-order valence-electron chi connectivity index (χ0n) is 13.9. The van der Waals surface area contributed by atoms with E-state index in [9.17, 15) is 24.5 Å². The molecule has 0 bridgehead atoms. The van der Waals surface area contributed by atoms with Crippen LogP contribution in [0.5, 0.6) is 0 Å². The Morgan fingerprint density at radius 3 is 2.37 bits per heavy atom. The minimum Gasteiger partial charge on any atom is -0.465 e. The summed E-state index contributed by atoms with van der Waals surface area (Å²) in [6.45, 7) is -0.665. The van der Waals surface area contributed by atoms with Gasteiger partial charge in [0.1, 0.15) is 5.56 Å². The van der Waals surface area contributed by atoms with Crippen molar-refractivity contribution < 1.29 is 28.8 Å². The third-order valence-electron chi connectivity index (χ3n) is 3.30. The number of nitrogens with zero attached hydrogens (tertiary/aromatic N) is 1. The van der Waals surface area contributed by atoms with Gasteiger partial charge in [0.15, 0.2) is 6.61 Å². The molecule has 0 atom stereocenters. The van der Waals surface area contributed by atoms with Crippen LogP contribution in [-0.2, 0) is 14.3 Å². The van der Waals surface area contributed by atoms with Crippen LogP contribution in [0.1, 0.15) is 20.7 Å². The molecule has 1 amide bonds. The van der Waals surface area contributed by atoms with E-state index >= 15 is 0 Å².